The maximum absolute atomic E-state index is 5.09. The minimum absolute atomic E-state index is 0.545. The third kappa shape index (κ3) is 3.19. The molecule has 0 aliphatic carbocycles. The number of hydrogen-bond donors (Lipinski definition) is 0. The maximum Gasteiger partial charge on any atom is 0.139 e. The Kier molecular flexibility index (Phi) is 4.70. The van der Waals surface area contributed by atoms with Crippen LogP contribution in [0.25, 0.3) is 11.8 Å². The highest BCUT2D eigenvalue weighted by Gasteiger charge is 2.06. The van der Waals surface area contributed by atoms with Crippen molar-refractivity contribution in [3.63, 3.8) is 0 Å². The lowest BCUT2D eigenvalue weighted by atomic mass is 10.1. The van der Waals surface area contributed by atoms with Crippen molar-refractivity contribution in [2.24, 2.45) is 0 Å². The average molecular weight is 218 g/mol. The smallest absolute Gasteiger partial charge is 0.139 e. The van der Waals surface area contributed by atoms with Gasteiger partial charge >= 0.3 is 0 Å². The second kappa shape index (κ2) is 6.05. The quantitative estimate of drug-likeness (QED) is 0.711. The van der Waals surface area contributed by atoms with Crippen molar-refractivity contribution >= 4 is 11.8 Å². The molecule has 0 aromatic carbocycles. The Balaban J connectivity index is 3.04. The second-order valence-corrected chi connectivity index (χ2v) is 3.66. The summed E-state index contributed by atoms with van der Waals surface area (Å²) in [7, 11) is 1.59. The largest absolute Gasteiger partial charge is 0.495 e. The first kappa shape index (κ1) is 12.4. The zero-order valence-corrected chi connectivity index (χ0v) is 10.2. The number of rotatable bonds is 5. The van der Waals surface area contributed by atoms with Gasteiger partial charge in [0.2, 0.25) is 0 Å². The van der Waals surface area contributed by atoms with Gasteiger partial charge in [-0.2, -0.15) is 0 Å². The molecule has 0 bridgehead atoms. The highest BCUT2D eigenvalue weighted by Crippen LogP contribution is 2.17. The van der Waals surface area contributed by atoms with E-state index in [1.54, 1.807) is 19.5 Å². The maximum atomic E-state index is 5.09. The average Bonchev–Trinajstić information content (AvgIpc) is 2.29. The van der Waals surface area contributed by atoms with E-state index in [2.05, 4.69) is 30.4 Å². The first-order chi connectivity index (χ1) is 7.69. The van der Waals surface area contributed by atoms with Gasteiger partial charge in [-0.05, 0) is 19.4 Å². The molecule has 1 heterocycles. The molecule has 0 N–H and O–H groups in total. The van der Waals surface area contributed by atoms with Gasteiger partial charge in [0.05, 0.1) is 12.8 Å². The van der Waals surface area contributed by atoms with E-state index in [1.807, 2.05) is 6.08 Å². The Bertz CT molecular complexity index is 397. The summed E-state index contributed by atoms with van der Waals surface area (Å²) in [6.07, 6.45) is 7.55. The van der Waals surface area contributed by atoms with Crippen LogP contribution in [-0.2, 0) is 4.74 Å². The topological polar surface area (TPSA) is 35.0 Å². The summed E-state index contributed by atoms with van der Waals surface area (Å²) in [6.45, 7) is 8.05. The van der Waals surface area contributed by atoms with Crippen molar-refractivity contribution in [1.29, 1.82) is 0 Å². The van der Waals surface area contributed by atoms with E-state index < -0.39 is 0 Å². The zero-order chi connectivity index (χ0) is 12.0. The molecule has 0 saturated carbocycles. The van der Waals surface area contributed by atoms with Crippen molar-refractivity contribution in [2.75, 3.05) is 7.11 Å². The fourth-order valence-corrected chi connectivity index (χ4v) is 1.47. The molecular weight excluding hydrogens is 200 g/mol. The van der Waals surface area contributed by atoms with Crippen LogP contribution in [0.5, 0.6) is 0 Å². The minimum Gasteiger partial charge on any atom is -0.495 e. The zero-order valence-electron chi connectivity index (χ0n) is 10.2. The highest BCUT2D eigenvalue weighted by atomic mass is 16.5. The van der Waals surface area contributed by atoms with Crippen LogP contribution in [-0.4, -0.2) is 17.1 Å². The molecule has 3 heteroatoms. The SMILES string of the molecule is C=C(OC)c1nccnc1C=C(C)CCC. The van der Waals surface area contributed by atoms with E-state index in [1.165, 1.54) is 5.57 Å². The summed E-state index contributed by atoms with van der Waals surface area (Å²) in [5.74, 6) is 0.545. The molecule has 0 aliphatic heterocycles. The lowest BCUT2D eigenvalue weighted by Gasteiger charge is -2.06. The molecule has 0 aliphatic rings. The minimum atomic E-state index is 0.545. The van der Waals surface area contributed by atoms with Gasteiger partial charge in [-0.1, -0.05) is 25.5 Å². The van der Waals surface area contributed by atoms with Crippen LogP contribution in [0.3, 0.4) is 0 Å². The molecule has 0 spiro atoms. The Morgan fingerprint density at radius 3 is 2.75 bits per heavy atom. The van der Waals surface area contributed by atoms with E-state index in [4.69, 9.17) is 4.74 Å². The van der Waals surface area contributed by atoms with E-state index in [0.717, 1.165) is 18.5 Å². The summed E-state index contributed by atoms with van der Waals surface area (Å²) < 4.78 is 5.09. The Labute approximate surface area is 96.9 Å². The van der Waals surface area contributed by atoms with Crippen molar-refractivity contribution in [3.8, 4) is 0 Å². The van der Waals surface area contributed by atoms with Crippen molar-refractivity contribution < 1.29 is 4.74 Å². The predicted molar refractivity (Wildman–Crippen MR) is 66.6 cm³/mol. The van der Waals surface area contributed by atoms with E-state index in [-0.39, 0.29) is 0 Å². The molecule has 1 aromatic rings. The molecule has 0 radical (unpaired) electrons. The van der Waals surface area contributed by atoms with E-state index in [0.29, 0.717) is 11.5 Å². The van der Waals surface area contributed by atoms with Crippen LogP contribution in [0.15, 0.2) is 24.5 Å². The van der Waals surface area contributed by atoms with Crippen LogP contribution in [0.2, 0.25) is 0 Å². The molecule has 16 heavy (non-hydrogen) atoms. The molecule has 1 rings (SSSR count). The monoisotopic (exact) mass is 218 g/mol. The first-order valence-electron chi connectivity index (χ1n) is 5.40. The van der Waals surface area contributed by atoms with Crippen LogP contribution >= 0.6 is 0 Å². The van der Waals surface area contributed by atoms with Gasteiger partial charge in [0.15, 0.2) is 0 Å². The molecule has 0 amide bonds. The van der Waals surface area contributed by atoms with Crippen LogP contribution in [0.4, 0.5) is 0 Å². The predicted octanol–water partition coefficient (Wildman–Crippen LogP) is 3.30. The fraction of sp³-hybridized carbons (Fsp3) is 0.385. The van der Waals surface area contributed by atoms with Crippen LogP contribution < -0.4 is 0 Å². The van der Waals surface area contributed by atoms with E-state index in [9.17, 15) is 0 Å². The van der Waals surface area contributed by atoms with Gasteiger partial charge in [-0.15, -0.1) is 0 Å². The summed E-state index contributed by atoms with van der Waals surface area (Å²) >= 11 is 0. The van der Waals surface area contributed by atoms with Gasteiger partial charge in [-0.25, -0.2) is 4.98 Å². The van der Waals surface area contributed by atoms with Crippen LogP contribution in [0, 0.1) is 0 Å². The summed E-state index contributed by atoms with van der Waals surface area (Å²) in [4.78, 5) is 8.52. The third-order valence-electron chi connectivity index (χ3n) is 2.26. The number of aromatic nitrogens is 2. The normalized spacial score (nSPS) is 11.3. The molecule has 1 aromatic heterocycles. The third-order valence-corrected chi connectivity index (χ3v) is 2.26. The number of methoxy groups -OCH3 is 1. The van der Waals surface area contributed by atoms with Crippen molar-refractivity contribution in [2.45, 2.75) is 26.7 Å². The van der Waals surface area contributed by atoms with Gasteiger partial charge in [0, 0.05) is 12.4 Å². The number of hydrogen-bond acceptors (Lipinski definition) is 3. The molecule has 0 unspecified atom stereocenters. The van der Waals surface area contributed by atoms with Crippen molar-refractivity contribution in [3.05, 3.63) is 35.9 Å². The molecule has 3 nitrogen and oxygen atoms in total. The lowest BCUT2D eigenvalue weighted by molar-refractivity contribution is 0.369. The second-order valence-electron chi connectivity index (χ2n) is 3.66. The summed E-state index contributed by atoms with van der Waals surface area (Å²) in [6, 6.07) is 0. The fourth-order valence-electron chi connectivity index (χ4n) is 1.47. The number of ether oxygens (including phenoxy) is 1. The Morgan fingerprint density at radius 2 is 2.12 bits per heavy atom. The summed E-state index contributed by atoms with van der Waals surface area (Å²) in [5, 5.41) is 0. The van der Waals surface area contributed by atoms with Crippen LogP contribution in [0.1, 0.15) is 38.1 Å². The van der Waals surface area contributed by atoms with E-state index >= 15 is 0 Å². The van der Waals surface area contributed by atoms with Gasteiger partial charge in [0.1, 0.15) is 11.5 Å². The molecule has 0 saturated heterocycles. The Hall–Kier alpha value is -1.64. The number of allylic oxidation sites excluding steroid dienone is 1. The highest BCUT2D eigenvalue weighted by molar-refractivity contribution is 5.64. The van der Waals surface area contributed by atoms with Gasteiger partial charge in [0.25, 0.3) is 0 Å². The Morgan fingerprint density at radius 1 is 1.44 bits per heavy atom. The van der Waals surface area contributed by atoms with Crippen molar-refractivity contribution in [1.82, 2.24) is 9.97 Å². The molecule has 0 fully saturated rings. The molecule has 86 valence electrons. The first-order valence-corrected chi connectivity index (χ1v) is 5.40. The summed E-state index contributed by atoms with van der Waals surface area (Å²) in [5.41, 5.74) is 2.81. The van der Waals surface area contributed by atoms with Gasteiger partial charge in [-0.3, -0.25) is 4.98 Å². The lowest BCUT2D eigenvalue weighted by Crippen LogP contribution is -1.97. The molecular formula is C13H18N2O. The van der Waals surface area contributed by atoms with Gasteiger partial charge < -0.3 is 4.74 Å². The molecule has 0 atom stereocenters. The number of nitrogens with zero attached hydrogens (tertiary/aromatic N) is 2. The standard InChI is InChI=1S/C13H18N2O/c1-5-6-10(2)9-12-13(11(3)16-4)15-8-7-14-12/h7-9H,3,5-6H2,1-2,4H3.